The van der Waals surface area contributed by atoms with E-state index in [-0.39, 0.29) is 0 Å². The Labute approximate surface area is 111 Å². The van der Waals surface area contributed by atoms with Crippen LogP contribution in [-0.4, -0.2) is 11.5 Å². The third-order valence-electron chi connectivity index (χ3n) is 4.11. The Kier molecular flexibility index (Phi) is 2.49. The summed E-state index contributed by atoms with van der Waals surface area (Å²) in [5.74, 6) is 0.557. The molecule has 1 aliphatic heterocycles. The first-order chi connectivity index (χ1) is 8.92. The van der Waals surface area contributed by atoms with Crippen molar-refractivity contribution in [3.63, 3.8) is 0 Å². The normalized spacial score (nSPS) is 25.8. The lowest BCUT2D eigenvalue weighted by Gasteiger charge is -2.28. The lowest BCUT2D eigenvalue weighted by atomic mass is 9.78. The second-order valence-corrected chi connectivity index (χ2v) is 6.10. The summed E-state index contributed by atoms with van der Waals surface area (Å²) in [6.07, 6.45) is 3.69. The highest BCUT2D eigenvalue weighted by Crippen LogP contribution is 2.41. The monoisotopic (exact) mass is 256 g/mol. The molecule has 2 nitrogen and oxygen atoms in total. The molecule has 1 aromatic carbocycles. The van der Waals surface area contributed by atoms with Crippen LogP contribution in [0.15, 0.2) is 29.6 Å². The number of hydrogen-bond acceptors (Lipinski definition) is 3. The minimum atomic E-state index is 0.505. The number of nitrogens with one attached hydrogen (secondary N) is 1. The Morgan fingerprint density at radius 3 is 3.06 bits per heavy atom. The highest BCUT2D eigenvalue weighted by atomic mass is 32.1. The smallest absolute Gasteiger partial charge is 0.101 e. The lowest BCUT2D eigenvalue weighted by Crippen LogP contribution is -2.18. The quantitative estimate of drug-likeness (QED) is 0.892. The zero-order chi connectivity index (χ0) is 11.9. The van der Waals surface area contributed by atoms with Gasteiger partial charge in [0.2, 0.25) is 0 Å². The Bertz CT molecular complexity index is 569. The first-order valence-electron chi connectivity index (χ1n) is 6.68. The molecule has 2 aliphatic rings. The van der Waals surface area contributed by atoms with E-state index in [0.717, 1.165) is 6.54 Å². The Morgan fingerprint density at radius 2 is 2.22 bits per heavy atom. The van der Waals surface area contributed by atoms with Gasteiger partial charge in [0.25, 0.3) is 0 Å². The molecule has 18 heavy (non-hydrogen) atoms. The third-order valence-corrected chi connectivity index (χ3v) is 5.09. The van der Waals surface area contributed by atoms with E-state index >= 15 is 0 Å². The van der Waals surface area contributed by atoms with E-state index in [2.05, 4.69) is 35.0 Å². The average molecular weight is 256 g/mol. The van der Waals surface area contributed by atoms with Gasteiger partial charge in [0.15, 0.2) is 0 Å². The SMILES string of the molecule is c1ccc2c(c1)CC2c1nc(C2CCCN2)cs1. The van der Waals surface area contributed by atoms with Crippen molar-refractivity contribution in [2.75, 3.05) is 6.54 Å². The molecular weight excluding hydrogens is 240 g/mol. The predicted octanol–water partition coefficient (Wildman–Crippen LogP) is 3.26. The maximum Gasteiger partial charge on any atom is 0.101 e. The van der Waals surface area contributed by atoms with Crippen molar-refractivity contribution in [1.82, 2.24) is 10.3 Å². The van der Waals surface area contributed by atoms with Crippen LogP contribution in [0.2, 0.25) is 0 Å². The first-order valence-corrected chi connectivity index (χ1v) is 7.56. The van der Waals surface area contributed by atoms with E-state index in [4.69, 9.17) is 4.98 Å². The fraction of sp³-hybridized carbons (Fsp3) is 0.400. The highest BCUT2D eigenvalue weighted by Gasteiger charge is 2.30. The Balaban J connectivity index is 1.60. The standard InChI is InChI=1S/C15H16N2S/c1-2-5-11-10(4-1)8-12(11)15-17-14(9-18-15)13-6-3-7-16-13/h1-2,4-5,9,12-13,16H,3,6-8H2. The van der Waals surface area contributed by atoms with Gasteiger partial charge >= 0.3 is 0 Å². The summed E-state index contributed by atoms with van der Waals surface area (Å²) in [6, 6.07) is 9.26. The van der Waals surface area contributed by atoms with Crippen molar-refractivity contribution < 1.29 is 0 Å². The van der Waals surface area contributed by atoms with Crippen molar-refractivity contribution in [1.29, 1.82) is 0 Å². The van der Waals surface area contributed by atoms with Gasteiger partial charge in [-0.15, -0.1) is 11.3 Å². The van der Waals surface area contributed by atoms with Crippen molar-refractivity contribution in [2.24, 2.45) is 0 Å². The van der Waals surface area contributed by atoms with Crippen LogP contribution in [0.1, 0.15) is 46.6 Å². The van der Waals surface area contributed by atoms with E-state index in [0.29, 0.717) is 12.0 Å². The molecule has 2 atom stereocenters. The van der Waals surface area contributed by atoms with Crippen LogP contribution in [-0.2, 0) is 6.42 Å². The van der Waals surface area contributed by atoms with Gasteiger partial charge in [-0.25, -0.2) is 4.98 Å². The molecule has 2 aromatic rings. The minimum absolute atomic E-state index is 0.505. The Hall–Kier alpha value is -1.19. The molecule has 1 fully saturated rings. The molecule has 0 radical (unpaired) electrons. The van der Waals surface area contributed by atoms with Crippen molar-refractivity contribution in [3.8, 4) is 0 Å². The van der Waals surface area contributed by atoms with Crippen LogP contribution >= 0.6 is 11.3 Å². The molecule has 2 unspecified atom stereocenters. The zero-order valence-corrected chi connectivity index (χ0v) is 11.0. The molecule has 2 heterocycles. The Morgan fingerprint density at radius 1 is 1.28 bits per heavy atom. The number of nitrogens with zero attached hydrogens (tertiary/aromatic N) is 1. The molecule has 4 rings (SSSR count). The van der Waals surface area contributed by atoms with Gasteiger partial charge in [-0.05, 0) is 36.9 Å². The summed E-state index contributed by atoms with van der Waals surface area (Å²) in [6.45, 7) is 1.14. The summed E-state index contributed by atoms with van der Waals surface area (Å²) in [4.78, 5) is 4.87. The van der Waals surface area contributed by atoms with E-state index in [9.17, 15) is 0 Å². The van der Waals surface area contributed by atoms with Crippen LogP contribution in [0.3, 0.4) is 0 Å². The molecule has 0 amide bonds. The maximum atomic E-state index is 4.87. The summed E-state index contributed by atoms with van der Waals surface area (Å²) in [7, 11) is 0. The second-order valence-electron chi connectivity index (χ2n) is 5.22. The largest absolute Gasteiger partial charge is 0.309 e. The number of aromatic nitrogens is 1. The van der Waals surface area contributed by atoms with Crippen LogP contribution in [0, 0.1) is 0 Å². The third kappa shape index (κ3) is 1.62. The zero-order valence-electron chi connectivity index (χ0n) is 10.2. The predicted molar refractivity (Wildman–Crippen MR) is 74.1 cm³/mol. The summed E-state index contributed by atoms with van der Waals surface area (Å²) in [5, 5.41) is 7.08. The minimum Gasteiger partial charge on any atom is -0.309 e. The van der Waals surface area contributed by atoms with Crippen LogP contribution in [0.4, 0.5) is 0 Å². The fourth-order valence-corrected chi connectivity index (χ4v) is 4.03. The summed E-state index contributed by atoms with van der Waals surface area (Å²) in [5.41, 5.74) is 4.24. The fourth-order valence-electron chi connectivity index (χ4n) is 3.04. The lowest BCUT2D eigenvalue weighted by molar-refractivity contribution is 0.621. The number of fused-ring (bicyclic) bond motifs is 1. The number of thiazole rings is 1. The molecule has 1 aliphatic carbocycles. The van der Waals surface area contributed by atoms with E-state index in [1.807, 2.05) is 11.3 Å². The van der Waals surface area contributed by atoms with Crippen molar-refractivity contribution >= 4 is 11.3 Å². The highest BCUT2D eigenvalue weighted by molar-refractivity contribution is 7.09. The summed E-state index contributed by atoms with van der Waals surface area (Å²) >= 11 is 1.83. The van der Waals surface area contributed by atoms with Gasteiger partial charge in [-0.2, -0.15) is 0 Å². The van der Waals surface area contributed by atoms with Gasteiger partial charge < -0.3 is 5.32 Å². The first kappa shape index (κ1) is 10.7. The molecule has 1 N–H and O–H groups in total. The van der Waals surface area contributed by atoms with E-state index < -0.39 is 0 Å². The van der Waals surface area contributed by atoms with Crippen LogP contribution < -0.4 is 5.32 Å². The molecule has 0 spiro atoms. The van der Waals surface area contributed by atoms with Gasteiger partial charge in [-0.1, -0.05) is 24.3 Å². The molecule has 3 heteroatoms. The average Bonchev–Trinajstić information content (AvgIpc) is 3.00. The van der Waals surface area contributed by atoms with Crippen LogP contribution in [0.25, 0.3) is 0 Å². The molecular formula is C15H16N2S. The van der Waals surface area contributed by atoms with Crippen LogP contribution in [0.5, 0.6) is 0 Å². The van der Waals surface area contributed by atoms with Gasteiger partial charge in [0.05, 0.1) is 11.7 Å². The molecule has 1 aromatic heterocycles. The van der Waals surface area contributed by atoms with Gasteiger partial charge in [-0.3, -0.25) is 0 Å². The van der Waals surface area contributed by atoms with Crippen molar-refractivity contribution in [3.05, 3.63) is 51.5 Å². The topological polar surface area (TPSA) is 24.9 Å². The van der Waals surface area contributed by atoms with Crippen molar-refractivity contribution in [2.45, 2.75) is 31.2 Å². The molecule has 1 saturated heterocycles. The maximum absolute atomic E-state index is 4.87. The molecule has 0 saturated carbocycles. The molecule has 92 valence electrons. The number of benzene rings is 1. The molecule has 0 bridgehead atoms. The van der Waals surface area contributed by atoms with E-state index in [1.165, 1.54) is 41.1 Å². The van der Waals surface area contributed by atoms with Gasteiger partial charge in [0.1, 0.15) is 5.01 Å². The number of rotatable bonds is 2. The second kappa shape index (κ2) is 4.18. The van der Waals surface area contributed by atoms with E-state index in [1.54, 1.807) is 0 Å². The summed E-state index contributed by atoms with van der Waals surface area (Å²) < 4.78 is 0. The number of hydrogen-bond donors (Lipinski definition) is 1. The van der Waals surface area contributed by atoms with Gasteiger partial charge in [0, 0.05) is 11.3 Å².